The van der Waals surface area contributed by atoms with Crippen molar-refractivity contribution in [1.29, 1.82) is 0 Å². The Bertz CT molecular complexity index is 581. The molecule has 84 valence electrons. The first-order valence-corrected chi connectivity index (χ1v) is 6.94. The molecule has 0 amide bonds. The topological polar surface area (TPSA) is 59.1 Å². The van der Waals surface area contributed by atoms with E-state index in [2.05, 4.69) is 9.71 Å². The average molecular weight is 275 g/mol. The zero-order chi connectivity index (χ0) is 11.6. The number of sulfonamides is 1. The van der Waals surface area contributed by atoms with Crippen LogP contribution < -0.4 is 4.72 Å². The maximum Gasteiger partial charge on any atom is 0.271 e. The zero-order valence-corrected chi connectivity index (χ0v) is 10.3. The van der Waals surface area contributed by atoms with Crippen LogP contribution in [0.4, 0.5) is 5.69 Å². The summed E-state index contributed by atoms with van der Waals surface area (Å²) < 4.78 is 26.7. The minimum absolute atomic E-state index is 0.182. The molecule has 2 aromatic heterocycles. The van der Waals surface area contributed by atoms with Crippen molar-refractivity contribution in [2.24, 2.45) is 0 Å². The summed E-state index contributed by atoms with van der Waals surface area (Å²) in [7, 11) is -3.55. The first-order chi connectivity index (χ1) is 7.58. The predicted octanol–water partition coefficient (Wildman–Crippen LogP) is 2.60. The van der Waals surface area contributed by atoms with Crippen molar-refractivity contribution in [3.63, 3.8) is 0 Å². The number of pyridine rings is 1. The predicted molar refractivity (Wildman–Crippen MR) is 64.4 cm³/mol. The minimum atomic E-state index is -3.55. The van der Waals surface area contributed by atoms with E-state index in [-0.39, 0.29) is 4.21 Å². The third-order valence-electron chi connectivity index (χ3n) is 1.73. The van der Waals surface area contributed by atoms with E-state index in [1.54, 1.807) is 24.4 Å². The number of nitrogens with zero attached hydrogens (tertiary/aromatic N) is 1. The van der Waals surface area contributed by atoms with E-state index in [0.29, 0.717) is 10.0 Å². The molecule has 16 heavy (non-hydrogen) atoms. The Kier molecular flexibility index (Phi) is 3.13. The third kappa shape index (κ3) is 2.52. The molecular formula is C9H7ClN2O2S2. The Balaban J connectivity index is 2.28. The van der Waals surface area contributed by atoms with Gasteiger partial charge >= 0.3 is 0 Å². The van der Waals surface area contributed by atoms with E-state index in [1.165, 1.54) is 12.3 Å². The number of nitrogens with one attached hydrogen (secondary N) is 1. The van der Waals surface area contributed by atoms with Gasteiger partial charge in [-0.25, -0.2) is 8.42 Å². The second-order valence-electron chi connectivity index (χ2n) is 2.91. The molecule has 0 atom stereocenters. The van der Waals surface area contributed by atoms with Crippen molar-refractivity contribution in [2.75, 3.05) is 4.72 Å². The van der Waals surface area contributed by atoms with Crippen molar-refractivity contribution in [1.82, 2.24) is 4.98 Å². The van der Waals surface area contributed by atoms with Crippen LogP contribution in [0.3, 0.4) is 0 Å². The van der Waals surface area contributed by atoms with Gasteiger partial charge in [-0.15, -0.1) is 11.3 Å². The Morgan fingerprint density at radius 3 is 2.69 bits per heavy atom. The third-order valence-corrected chi connectivity index (χ3v) is 4.83. The van der Waals surface area contributed by atoms with Gasteiger partial charge in [-0.3, -0.25) is 9.71 Å². The van der Waals surface area contributed by atoms with Crippen LogP contribution in [0.5, 0.6) is 0 Å². The van der Waals surface area contributed by atoms with Crippen molar-refractivity contribution in [3.8, 4) is 0 Å². The first-order valence-electron chi connectivity index (χ1n) is 4.26. The monoisotopic (exact) mass is 274 g/mol. The number of halogens is 1. The van der Waals surface area contributed by atoms with E-state index in [0.717, 1.165) is 11.3 Å². The van der Waals surface area contributed by atoms with Gasteiger partial charge in [-0.1, -0.05) is 11.6 Å². The van der Waals surface area contributed by atoms with Crippen LogP contribution in [0.2, 0.25) is 4.34 Å². The minimum Gasteiger partial charge on any atom is -0.277 e. The summed E-state index contributed by atoms with van der Waals surface area (Å²) in [6.45, 7) is 0. The molecule has 7 heteroatoms. The molecule has 0 saturated carbocycles. The van der Waals surface area contributed by atoms with Crippen LogP contribution in [0.15, 0.2) is 40.9 Å². The number of hydrogen-bond donors (Lipinski definition) is 1. The van der Waals surface area contributed by atoms with Crippen LogP contribution in [0.1, 0.15) is 0 Å². The van der Waals surface area contributed by atoms with Crippen LogP contribution in [0, 0.1) is 0 Å². The van der Waals surface area contributed by atoms with E-state index in [9.17, 15) is 8.42 Å². The number of aromatic nitrogens is 1. The fraction of sp³-hybridized carbons (Fsp3) is 0. The molecule has 0 aromatic carbocycles. The quantitative estimate of drug-likeness (QED) is 0.936. The largest absolute Gasteiger partial charge is 0.277 e. The molecule has 2 heterocycles. The SMILES string of the molecule is O=S(=O)(Nc1cccnc1)c1ccc(Cl)s1. The highest BCUT2D eigenvalue weighted by molar-refractivity contribution is 7.94. The number of anilines is 1. The van der Waals surface area contributed by atoms with Gasteiger partial charge in [-0.05, 0) is 24.3 Å². The summed E-state index contributed by atoms with van der Waals surface area (Å²) in [6, 6.07) is 6.29. The van der Waals surface area contributed by atoms with Gasteiger partial charge in [0.15, 0.2) is 0 Å². The fourth-order valence-electron chi connectivity index (χ4n) is 1.07. The Hall–Kier alpha value is -1.11. The van der Waals surface area contributed by atoms with Crippen LogP contribution in [-0.4, -0.2) is 13.4 Å². The van der Waals surface area contributed by atoms with Gasteiger partial charge in [0.2, 0.25) is 0 Å². The second kappa shape index (κ2) is 4.40. The van der Waals surface area contributed by atoms with E-state index >= 15 is 0 Å². The lowest BCUT2D eigenvalue weighted by molar-refractivity contribution is 0.603. The summed E-state index contributed by atoms with van der Waals surface area (Å²) in [6.07, 6.45) is 3.01. The molecule has 0 radical (unpaired) electrons. The van der Waals surface area contributed by atoms with Gasteiger partial charge in [0.1, 0.15) is 4.21 Å². The maximum absolute atomic E-state index is 11.8. The molecule has 0 unspecified atom stereocenters. The summed E-state index contributed by atoms with van der Waals surface area (Å²) >= 11 is 6.69. The van der Waals surface area contributed by atoms with Gasteiger partial charge in [-0.2, -0.15) is 0 Å². The average Bonchev–Trinajstić information content (AvgIpc) is 2.66. The molecule has 2 aromatic rings. The molecule has 1 N–H and O–H groups in total. The molecule has 0 fully saturated rings. The highest BCUT2D eigenvalue weighted by atomic mass is 35.5. The normalized spacial score (nSPS) is 11.3. The number of hydrogen-bond acceptors (Lipinski definition) is 4. The van der Waals surface area contributed by atoms with Crippen LogP contribution in [-0.2, 0) is 10.0 Å². The first kappa shape index (κ1) is 11.4. The Morgan fingerprint density at radius 1 is 1.31 bits per heavy atom. The summed E-state index contributed by atoms with van der Waals surface area (Å²) in [5.41, 5.74) is 0.423. The number of thiophene rings is 1. The van der Waals surface area contributed by atoms with Crippen LogP contribution in [0.25, 0.3) is 0 Å². The lowest BCUT2D eigenvalue weighted by Gasteiger charge is -2.04. The Morgan fingerprint density at radius 2 is 2.12 bits per heavy atom. The molecule has 0 aliphatic heterocycles. The van der Waals surface area contributed by atoms with Crippen molar-refractivity contribution in [3.05, 3.63) is 41.0 Å². The molecule has 2 rings (SSSR count). The summed E-state index contributed by atoms with van der Waals surface area (Å²) in [5.74, 6) is 0. The van der Waals surface area contributed by atoms with Gasteiger partial charge in [0, 0.05) is 6.20 Å². The Labute approximate surface area is 102 Å². The highest BCUT2D eigenvalue weighted by Crippen LogP contribution is 2.26. The van der Waals surface area contributed by atoms with Gasteiger partial charge < -0.3 is 0 Å². The smallest absolute Gasteiger partial charge is 0.271 e. The van der Waals surface area contributed by atoms with Crippen LogP contribution >= 0.6 is 22.9 Å². The summed E-state index contributed by atoms with van der Waals surface area (Å²) in [4.78, 5) is 3.82. The lowest BCUT2D eigenvalue weighted by Crippen LogP contribution is -2.11. The maximum atomic E-state index is 11.8. The van der Waals surface area contributed by atoms with Crippen molar-refractivity contribution >= 4 is 38.6 Å². The number of rotatable bonds is 3. The van der Waals surface area contributed by atoms with E-state index in [1.807, 2.05) is 0 Å². The lowest BCUT2D eigenvalue weighted by atomic mass is 10.4. The molecule has 0 aliphatic carbocycles. The second-order valence-corrected chi connectivity index (χ2v) is 6.53. The molecule has 4 nitrogen and oxygen atoms in total. The van der Waals surface area contributed by atoms with Crippen molar-refractivity contribution in [2.45, 2.75) is 4.21 Å². The summed E-state index contributed by atoms with van der Waals surface area (Å²) in [5, 5.41) is 0. The van der Waals surface area contributed by atoms with E-state index in [4.69, 9.17) is 11.6 Å². The van der Waals surface area contributed by atoms with Gasteiger partial charge in [0.05, 0.1) is 16.2 Å². The molecule has 0 saturated heterocycles. The molecule has 0 spiro atoms. The molecule has 0 bridgehead atoms. The van der Waals surface area contributed by atoms with Gasteiger partial charge in [0.25, 0.3) is 10.0 Å². The molecule has 0 aliphatic rings. The standard InChI is InChI=1S/C9H7ClN2O2S2/c10-8-3-4-9(15-8)16(13,14)12-7-2-1-5-11-6-7/h1-6,12H. The zero-order valence-electron chi connectivity index (χ0n) is 7.92. The fourth-order valence-corrected chi connectivity index (χ4v) is 3.60. The molecular weight excluding hydrogens is 268 g/mol. The highest BCUT2D eigenvalue weighted by Gasteiger charge is 2.16. The van der Waals surface area contributed by atoms with E-state index < -0.39 is 10.0 Å². The van der Waals surface area contributed by atoms with Crippen molar-refractivity contribution < 1.29 is 8.42 Å².